The molecule has 0 saturated heterocycles. The van der Waals surface area contributed by atoms with Crippen LogP contribution in [0.25, 0.3) is 0 Å². The van der Waals surface area contributed by atoms with Gasteiger partial charge in [-0.05, 0) is 18.1 Å². The first-order valence-corrected chi connectivity index (χ1v) is 7.69. The van der Waals surface area contributed by atoms with E-state index in [0.29, 0.717) is 6.42 Å². The Hall–Kier alpha value is -1.55. The fourth-order valence-electron chi connectivity index (χ4n) is 4.58. The molecule has 21 heavy (non-hydrogen) atoms. The van der Waals surface area contributed by atoms with Crippen molar-refractivity contribution in [3.63, 3.8) is 0 Å². The highest BCUT2D eigenvalue weighted by atomic mass is 16.5. The van der Waals surface area contributed by atoms with Crippen molar-refractivity contribution >= 4 is 6.21 Å². The first-order valence-electron chi connectivity index (χ1n) is 7.69. The van der Waals surface area contributed by atoms with Gasteiger partial charge in [-0.1, -0.05) is 6.92 Å². The predicted molar refractivity (Wildman–Crippen MR) is 79.7 cm³/mol. The Balaban J connectivity index is 2.01. The number of aliphatic hydroxyl groups is 1. The Labute approximate surface area is 125 Å². The zero-order valence-electron chi connectivity index (χ0n) is 12.8. The second kappa shape index (κ2) is 4.23. The average Bonchev–Trinajstić information content (AvgIpc) is 2.83. The molecule has 0 radical (unpaired) electrons. The fourth-order valence-corrected chi connectivity index (χ4v) is 4.58. The minimum absolute atomic E-state index is 0.0625. The van der Waals surface area contributed by atoms with Crippen LogP contribution in [0.2, 0.25) is 0 Å². The first kappa shape index (κ1) is 13.1. The molecule has 2 aliphatic heterocycles. The van der Waals surface area contributed by atoms with Crippen molar-refractivity contribution in [3.05, 3.63) is 23.3 Å². The quantitative estimate of drug-likeness (QED) is 0.797. The molecular weight excluding hydrogens is 266 g/mol. The lowest BCUT2D eigenvalue weighted by molar-refractivity contribution is -0.493. The highest BCUT2D eigenvalue weighted by Gasteiger charge is 2.61. The number of hydrogen-bond donors (Lipinski definition) is 1. The number of ether oxygens (including phenoxy) is 2. The van der Waals surface area contributed by atoms with Gasteiger partial charge in [-0.15, -0.1) is 0 Å². The summed E-state index contributed by atoms with van der Waals surface area (Å²) in [5, 5.41) is 10.4. The van der Waals surface area contributed by atoms with Crippen LogP contribution >= 0.6 is 0 Å². The van der Waals surface area contributed by atoms with Gasteiger partial charge in [0.1, 0.15) is 19.7 Å². The van der Waals surface area contributed by atoms with E-state index in [2.05, 4.69) is 30.8 Å². The number of aliphatic hydroxyl groups excluding tert-OH is 1. The number of rotatable bonds is 1. The molecule has 1 aliphatic carbocycles. The van der Waals surface area contributed by atoms with Crippen molar-refractivity contribution in [3.8, 4) is 11.5 Å². The average molecular weight is 288 g/mol. The maximum absolute atomic E-state index is 10.4. The zero-order valence-corrected chi connectivity index (χ0v) is 12.8. The van der Waals surface area contributed by atoms with Crippen LogP contribution in [0.4, 0.5) is 0 Å². The van der Waals surface area contributed by atoms with Crippen molar-refractivity contribution in [1.29, 1.82) is 0 Å². The van der Waals surface area contributed by atoms with E-state index < -0.39 is 0 Å². The largest absolute Gasteiger partial charge is 0.493 e. The molecule has 3 aliphatic rings. The maximum atomic E-state index is 10.4. The van der Waals surface area contributed by atoms with E-state index in [0.717, 1.165) is 24.5 Å². The summed E-state index contributed by atoms with van der Waals surface area (Å²) >= 11 is 0. The van der Waals surface area contributed by atoms with Crippen LogP contribution in [0.5, 0.6) is 11.5 Å². The minimum atomic E-state index is -0.286. The van der Waals surface area contributed by atoms with Crippen molar-refractivity contribution in [1.82, 2.24) is 0 Å². The molecule has 1 unspecified atom stereocenters. The molecule has 0 bridgehead atoms. The second-order valence-corrected chi connectivity index (χ2v) is 6.66. The molecule has 0 aromatic heterocycles. The van der Waals surface area contributed by atoms with Crippen LogP contribution in [-0.4, -0.2) is 48.8 Å². The molecule has 1 N–H and O–H groups in total. The van der Waals surface area contributed by atoms with Crippen molar-refractivity contribution in [2.45, 2.75) is 37.4 Å². The van der Waals surface area contributed by atoms with E-state index >= 15 is 0 Å². The fraction of sp³-hybridized carbons (Fsp3) is 0.588. The van der Waals surface area contributed by atoms with Gasteiger partial charge < -0.3 is 14.6 Å². The molecule has 1 fully saturated rings. The van der Waals surface area contributed by atoms with Gasteiger partial charge in [0, 0.05) is 29.4 Å². The van der Waals surface area contributed by atoms with Gasteiger partial charge in [0.15, 0.2) is 17.7 Å². The van der Waals surface area contributed by atoms with Gasteiger partial charge >= 0.3 is 0 Å². The van der Waals surface area contributed by atoms with Gasteiger partial charge in [0.2, 0.25) is 0 Å². The van der Waals surface area contributed by atoms with Crippen LogP contribution in [-0.2, 0) is 5.41 Å². The summed E-state index contributed by atoms with van der Waals surface area (Å²) in [6.07, 6.45) is 3.69. The summed E-state index contributed by atoms with van der Waals surface area (Å²) in [4.78, 5) is 0. The molecule has 1 aromatic carbocycles. The zero-order chi connectivity index (χ0) is 14.8. The number of hydrogen-bond acceptors (Lipinski definition) is 3. The van der Waals surface area contributed by atoms with Crippen molar-refractivity contribution in [2.24, 2.45) is 5.92 Å². The molecule has 1 aromatic rings. The summed E-state index contributed by atoms with van der Waals surface area (Å²) in [6.45, 7) is 3.14. The summed E-state index contributed by atoms with van der Waals surface area (Å²) in [5.41, 5.74) is 2.37. The van der Waals surface area contributed by atoms with Crippen LogP contribution in [0.1, 0.15) is 30.9 Å². The third kappa shape index (κ3) is 1.51. The Kier molecular flexibility index (Phi) is 2.65. The highest BCUT2D eigenvalue weighted by molar-refractivity contribution is 5.83. The van der Waals surface area contributed by atoms with E-state index in [1.54, 1.807) is 7.11 Å². The first-order chi connectivity index (χ1) is 10.1. The molecular formula is C17H22NO3+. The van der Waals surface area contributed by atoms with E-state index in [4.69, 9.17) is 9.47 Å². The lowest BCUT2D eigenvalue weighted by Gasteiger charge is -2.32. The van der Waals surface area contributed by atoms with Crippen LogP contribution in [0, 0.1) is 5.92 Å². The van der Waals surface area contributed by atoms with Gasteiger partial charge in [-0.2, -0.15) is 0 Å². The predicted octanol–water partition coefficient (Wildman–Crippen LogP) is 1.56. The molecule has 1 spiro atoms. The monoisotopic (exact) mass is 288 g/mol. The lowest BCUT2D eigenvalue weighted by Crippen LogP contribution is -2.40. The third-order valence-electron chi connectivity index (χ3n) is 5.76. The summed E-state index contributed by atoms with van der Waals surface area (Å²) in [5.74, 6) is 1.90. The van der Waals surface area contributed by atoms with Gasteiger partial charge in [0.05, 0.1) is 13.2 Å². The summed E-state index contributed by atoms with van der Waals surface area (Å²) in [6, 6.07) is 4.10. The molecule has 4 heteroatoms. The van der Waals surface area contributed by atoms with E-state index in [-0.39, 0.29) is 23.5 Å². The van der Waals surface area contributed by atoms with E-state index in [1.807, 2.05) is 6.07 Å². The number of benzene rings is 1. The van der Waals surface area contributed by atoms with Crippen molar-refractivity contribution in [2.75, 3.05) is 20.7 Å². The molecule has 4 nitrogen and oxygen atoms in total. The molecule has 1 saturated carbocycles. The normalized spacial score (nSPS) is 36.4. The standard InChI is InChI=1S/C17H22NO3/c1-10-12(19)8-14-17(10)6-7-18(2)9-11-4-5-13(20-3)16(21-14)15(11)17/h4-5,9-10,12,14,19H,6-8H2,1-3H3/q+1/t10?,12-,14+,17-/m1/s1. The smallest absolute Gasteiger partial charge is 0.170 e. The van der Waals surface area contributed by atoms with Gasteiger partial charge in [-0.25, -0.2) is 4.58 Å². The van der Waals surface area contributed by atoms with Crippen LogP contribution < -0.4 is 9.47 Å². The summed E-state index contributed by atoms with van der Waals surface area (Å²) < 4.78 is 14.0. The van der Waals surface area contributed by atoms with Crippen molar-refractivity contribution < 1.29 is 19.2 Å². The Bertz CT molecular complexity index is 639. The Morgan fingerprint density at radius 1 is 1.43 bits per heavy atom. The lowest BCUT2D eigenvalue weighted by atomic mass is 9.69. The second-order valence-electron chi connectivity index (χ2n) is 6.66. The summed E-state index contributed by atoms with van der Waals surface area (Å²) in [7, 11) is 3.80. The van der Waals surface area contributed by atoms with E-state index in [1.165, 1.54) is 11.1 Å². The molecule has 112 valence electrons. The third-order valence-corrected chi connectivity index (χ3v) is 5.76. The topological polar surface area (TPSA) is 41.7 Å². The molecule has 0 amide bonds. The number of nitrogens with zero attached hydrogens (tertiary/aromatic N) is 1. The number of methoxy groups -OCH3 is 1. The highest BCUT2D eigenvalue weighted by Crippen LogP contribution is 2.60. The SMILES string of the molecule is COc1ccc2c3c1O[C@H]1C[C@@H](O)C(C)[C@@]31CC[N+](C)=C2. The minimum Gasteiger partial charge on any atom is -0.493 e. The maximum Gasteiger partial charge on any atom is 0.170 e. The molecule has 2 heterocycles. The van der Waals surface area contributed by atoms with Gasteiger partial charge in [0.25, 0.3) is 0 Å². The molecule has 4 rings (SSSR count). The van der Waals surface area contributed by atoms with E-state index in [9.17, 15) is 5.11 Å². The Morgan fingerprint density at radius 2 is 2.24 bits per heavy atom. The van der Waals surface area contributed by atoms with Gasteiger partial charge in [-0.3, -0.25) is 0 Å². The van der Waals surface area contributed by atoms with Crippen LogP contribution in [0.3, 0.4) is 0 Å². The van der Waals surface area contributed by atoms with Crippen LogP contribution in [0.15, 0.2) is 12.1 Å². The Morgan fingerprint density at radius 3 is 3.00 bits per heavy atom. The molecule has 4 atom stereocenters.